The van der Waals surface area contributed by atoms with Crippen LogP contribution in [-0.4, -0.2) is 25.5 Å². The molecular weight excluding hydrogens is 304 g/mol. The van der Waals surface area contributed by atoms with Crippen LogP contribution in [0.2, 0.25) is 0 Å². The number of imidazole rings is 1. The molecule has 8 heteroatoms. The van der Waals surface area contributed by atoms with Gasteiger partial charge in [-0.2, -0.15) is 0 Å². The van der Waals surface area contributed by atoms with Gasteiger partial charge >= 0.3 is 0 Å². The van der Waals surface area contributed by atoms with Crippen molar-refractivity contribution in [1.29, 1.82) is 0 Å². The lowest BCUT2D eigenvalue weighted by molar-refractivity contribution is 0.415. The van der Waals surface area contributed by atoms with Gasteiger partial charge in [-0.3, -0.25) is 0 Å². The lowest BCUT2D eigenvalue weighted by Crippen LogP contribution is -2.11. The van der Waals surface area contributed by atoms with E-state index in [0.29, 0.717) is 17.0 Å². The van der Waals surface area contributed by atoms with Crippen molar-refractivity contribution >= 4 is 32.7 Å². The van der Waals surface area contributed by atoms with E-state index in [1.54, 1.807) is 13.2 Å². The van der Waals surface area contributed by atoms with Gasteiger partial charge in [0.15, 0.2) is 0 Å². The Bertz CT molecular complexity index is 917. The van der Waals surface area contributed by atoms with E-state index in [4.69, 9.17) is 9.88 Å². The van der Waals surface area contributed by atoms with Gasteiger partial charge in [0, 0.05) is 5.69 Å². The number of benzene rings is 2. The highest BCUT2D eigenvalue weighted by Gasteiger charge is 2.10. The minimum absolute atomic E-state index is 0.0413. The van der Waals surface area contributed by atoms with E-state index in [2.05, 4.69) is 15.3 Å². The topological polar surface area (TPSA) is 110 Å². The molecule has 7 nitrogen and oxygen atoms in total. The molecule has 4 N–H and O–H groups in total. The van der Waals surface area contributed by atoms with Crippen LogP contribution < -0.4 is 15.2 Å². The van der Waals surface area contributed by atoms with Crippen molar-refractivity contribution in [3.8, 4) is 5.75 Å². The van der Waals surface area contributed by atoms with Gasteiger partial charge in [0.05, 0.1) is 23.0 Å². The smallest absolute Gasteiger partial charge is 0.238 e. The maximum Gasteiger partial charge on any atom is 0.238 e. The van der Waals surface area contributed by atoms with Crippen molar-refractivity contribution in [3.63, 3.8) is 0 Å². The van der Waals surface area contributed by atoms with Crippen LogP contribution in [0.4, 0.5) is 11.6 Å². The minimum atomic E-state index is -3.73. The second kappa shape index (κ2) is 5.32. The molecule has 0 unspecified atom stereocenters. The molecule has 0 radical (unpaired) electrons. The molecule has 0 aliphatic carbocycles. The predicted octanol–water partition coefficient (Wildman–Crippen LogP) is 1.96. The van der Waals surface area contributed by atoms with Crippen LogP contribution in [0.3, 0.4) is 0 Å². The van der Waals surface area contributed by atoms with Crippen molar-refractivity contribution in [3.05, 3.63) is 42.5 Å². The summed E-state index contributed by atoms with van der Waals surface area (Å²) < 4.78 is 27.8. The summed E-state index contributed by atoms with van der Waals surface area (Å²) in [5, 5.41) is 8.22. The first-order valence-electron chi connectivity index (χ1n) is 6.39. The number of aromatic nitrogens is 2. The van der Waals surface area contributed by atoms with E-state index in [9.17, 15) is 8.42 Å². The first-order valence-corrected chi connectivity index (χ1v) is 7.94. The number of hydrogen-bond donors (Lipinski definition) is 3. The number of primary sulfonamides is 1. The normalized spacial score (nSPS) is 11.5. The van der Waals surface area contributed by atoms with Gasteiger partial charge < -0.3 is 15.0 Å². The number of ether oxygens (including phenoxy) is 1. The summed E-state index contributed by atoms with van der Waals surface area (Å²) in [6, 6.07) is 11.8. The van der Waals surface area contributed by atoms with E-state index in [0.717, 1.165) is 11.4 Å². The third-order valence-electron chi connectivity index (χ3n) is 3.13. The van der Waals surface area contributed by atoms with Gasteiger partial charge in [0.1, 0.15) is 5.75 Å². The molecule has 3 rings (SSSR count). The van der Waals surface area contributed by atoms with Crippen LogP contribution in [0.15, 0.2) is 47.4 Å². The fraction of sp³-hybridized carbons (Fsp3) is 0.0714. The quantitative estimate of drug-likeness (QED) is 0.681. The molecule has 0 fully saturated rings. The van der Waals surface area contributed by atoms with Gasteiger partial charge in [0.25, 0.3) is 0 Å². The Morgan fingerprint density at radius 1 is 1.18 bits per heavy atom. The summed E-state index contributed by atoms with van der Waals surface area (Å²) >= 11 is 0. The van der Waals surface area contributed by atoms with Crippen molar-refractivity contribution in [2.75, 3.05) is 12.4 Å². The molecule has 0 spiro atoms. The van der Waals surface area contributed by atoms with E-state index in [1.165, 1.54) is 12.1 Å². The molecule has 22 heavy (non-hydrogen) atoms. The summed E-state index contributed by atoms with van der Waals surface area (Å²) in [6.45, 7) is 0. The van der Waals surface area contributed by atoms with Crippen molar-refractivity contribution in [2.24, 2.45) is 5.14 Å². The zero-order valence-electron chi connectivity index (χ0n) is 11.7. The predicted molar refractivity (Wildman–Crippen MR) is 83.7 cm³/mol. The van der Waals surface area contributed by atoms with Crippen LogP contribution in [0.25, 0.3) is 11.0 Å². The molecule has 0 saturated heterocycles. The zero-order chi connectivity index (χ0) is 15.7. The summed E-state index contributed by atoms with van der Waals surface area (Å²) in [5.41, 5.74) is 2.05. The van der Waals surface area contributed by atoms with Crippen LogP contribution in [0.5, 0.6) is 5.75 Å². The monoisotopic (exact) mass is 318 g/mol. The fourth-order valence-corrected chi connectivity index (χ4v) is 2.58. The van der Waals surface area contributed by atoms with E-state index < -0.39 is 10.0 Å². The summed E-state index contributed by atoms with van der Waals surface area (Å²) in [5.74, 6) is 1.26. The maximum absolute atomic E-state index is 11.4. The molecule has 0 bridgehead atoms. The van der Waals surface area contributed by atoms with Gasteiger partial charge in [-0.05, 0) is 42.5 Å². The molecule has 114 valence electrons. The fourth-order valence-electron chi connectivity index (χ4n) is 2.04. The molecule has 1 heterocycles. The maximum atomic E-state index is 11.4. The molecule has 0 amide bonds. The second-order valence-electron chi connectivity index (χ2n) is 4.66. The largest absolute Gasteiger partial charge is 0.497 e. The lowest BCUT2D eigenvalue weighted by Gasteiger charge is -2.03. The second-order valence-corrected chi connectivity index (χ2v) is 6.22. The number of nitrogens with two attached hydrogens (primary N) is 1. The van der Waals surface area contributed by atoms with Crippen molar-refractivity contribution in [1.82, 2.24) is 9.97 Å². The van der Waals surface area contributed by atoms with E-state index >= 15 is 0 Å². The van der Waals surface area contributed by atoms with Crippen LogP contribution in [-0.2, 0) is 10.0 Å². The van der Waals surface area contributed by atoms with Gasteiger partial charge in [0.2, 0.25) is 16.0 Å². The third-order valence-corrected chi connectivity index (χ3v) is 4.05. The number of rotatable bonds is 4. The zero-order valence-corrected chi connectivity index (χ0v) is 12.5. The number of hydrogen-bond acceptors (Lipinski definition) is 5. The Kier molecular flexibility index (Phi) is 3.47. The van der Waals surface area contributed by atoms with Crippen LogP contribution >= 0.6 is 0 Å². The highest BCUT2D eigenvalue weighted by Crippen LogP contribution is 2.22. The molecule has 2 aromatic carbocycles. The van der Waals surface area contributed by atoms with Crippen molar-refractivity contribution < 1.29 is 13.2 Å². The lowest BCUT2D eigenvalue weighted by atomic mass is 10.3. The molecule has 0 saturated carbocycles. The first kappa shape index (κ1) is 14.4. The van der Waals surface area contributed by atoms with Crippen LogP contribution in [0.1, 0.15) is 0 Å². The molecular formula is C14H14N4O3S. The van der Waals surface area contributed by atoms with E-state index in [-0.39, 0.29) is 4.90 Å². The minimum Gasteiger partial charge on any atom is -0.497 e. The number of nitrogens with one attached hydrogen (secondary N) is 2. The molecule has 0 atom stereocenters. The Balaban J connectivity index is 1.91. The first-order chi connectivity index (χ1) is 10.5. The Labute approximate surface area is 127 Å². The molecule has 1 aromatic heterocycles. The Morgan fingerprint density at radius 3 is 2.55 bits per heavy atom. The summed E-state index contributed by atoms with van der Waals surface area (Å²) in [4.78, 5) is 7.39. The standard InChI is InChI=1S/C14H14N4O3S/c1-21-10-4-2-9(3-5-10)16-14-17-12-7-6-11(22(15,19)20)8-13(12)18-14/h2-8H,1H3,(H2,15,19,20)(H2,16,17,18). The molecule has 0 aliphatic rings. The number of methoxy groups -OCH3 is 1. The Morgan fingerprint density at radius 2 is 1.91 bits per heavy atom. The number of fused-ring (bicyclic) bond motifs is 1. The number of nitrogens with zero attached hydrogens (tertiary/aromatic N) is 1. The Hall–Kier alpha value is -2.58. The third kappa shape index (κ3) is 2.87. The summed E-state index contributed by atoms with van der Waals surface area (Å²) in [6.07, 6.45) is 0. The number of H-pyrrole nitrogens is 1. The van der Waals surface area contributed by atoms with Crippen molar-refractivity contribution in [2.45, 2.75) is 4.90 Å². The molecule has 0 aliphatic heterocycles. The van der Waals surface area contributed by atoms with E-state index in [1.807, 2.05) is 24.3 Å². The van der Waals surface area contributed by atoms with Gasteiger partial charge in [-0.15, -0.1) is 0 Å². The number of aromatic amines is 1. The van der Waals surface area contributed by atoms with Gasteiger partial charge in [-0.1, -0.05) is 0 Å². The highest BCUT2D eigenvalue weighted by molar-refractivity contribution is 7.89. The average Bonchev–Trinajstić information content (AvgIpc) is 2.88. The summed E-state index contributed by atoms with van der Waals surface area (Å²) in [7, 11) is -2.13. The van der Waals surface area contributed by atoms with Gasteiger partial charge in [-0.25, -0.2) is 18.5 Å². The molecule has 3 aromatic rings. The SMILES string of the molecule is COc1ccc(Nc2nc3ccc(S(N)(=O)=O)cc3[nH]2)cc1. The van der Waals surface area contributed by atoms with Crippen LogP contribution in [0, 0.1) is 0 Å². The number of anilines is 2. The number of sulfonamides is 1. The average molecular weight is 318 g/mol. The highest BCUT2D eigenvalue weighted by atomic mass is 32.2.